The fraction of sp³-hybridized carbons (Fsp3) is 0.462. The van der Waals surface area contributed by atoms with Crippen molar-refractivity contribution in [2.45, 2.75) is 33.7 Å². The molecule has 0 spiro atoms. The molecule has 1 unspecified atom stereocenters. The second kappa shape index (κ2) is 4.81. The third kappa shape index (κ3) is 2.71. The zero-order valence-corrected chi connectivity index (χ0v) is 12.3. The van der Waals surface area contributed by atoms with Gasteiger partial charge < -0.3 is 5.73 Å². The van der Waals surface area contributed by atoms with Crippen LogP contribution in [-0.2, 0) is 0 Å². The van der Waals surface area contributed by atoms with Crippen LogP contribution in [0.2, 0.25) is 5.02 Å². The van der Waals surface area contributed by atoms with Gasteiger partial charge in [0.1, 0.15) is 0 Å². The van der Waals surface area contributed by atoms with E-state index < -0.39 is 0 Å². The lowest BCUT2D eigenvalue weighted by Gasteiger charge is -2.27. The second-order valence-electron chi connectivity index (χ2n) is 5.72. The molecule has 2 rings (SSSR count). The molecule has 2 N–H and O–H groups in total. The molecule has 6 heteroatoms. The van der Waals surface area contributed by atoms with Gasteiger partial charge in [-0.1, -0.05) is 32.4 Å². The molecule has 0 saturated carbocycles. The number of aromatic nitrogens is 4. The van der Waals surface area contributed by atoms with E-state index in [1.54, 1.807) is 22.9 Å². The van der Waals surface area contributed by atoms with Crippen molar-refractivity contribution in [2.24, 2.45) is 5.41 Å². The molecular formula is C13H18ClN5. The van der Waals surface area contributed by atoms with Crippen LogP contribution in [0.5, 0.6) is 0 Å². The topological polar surface area (TPSA) is 69.6 Å². The fourth-order valence-electron chi connectivity index (χ4n) is 1.72. The first-order chi connectivity index (χ1) is 8.80. The summed E-state index contributed by atoms with van der Waals surface area (Å²) in [6.07, 6.45) is 0. The summed E-state index contributed by atoms with van der Waals surface area (Å²) >= 11 is 6.02. The molecule has 1 atom stereocenters. The number of benzene rings is 1. The number of nitrogens with two attached hydrogens (primary N) is 1. The molecular weight excluding hydrogens is 262 g/mol. The number of nitrogens with zero attached hydrogens (tertiary/aromatic N) is 4. The van der Waals surface area contributed by atoms with E-state index in [2.05, 4.69) is 43.2 Å². The Bertz CT molecular complexity index is 585. The highest BCUT2D eigenvalue weighted by molar-refractivity contribution is 6.31. The van der Waals surface area contributed by atoms with Crippen molar-refractivity contribution in [2.75, 3.05) is 5.73 Å². The van der Waals surface area contributed by atoms with Gasteiger partial charge in [0, 0.05) is 16.3 Å². The maximum atomic E-state index is 6.02. The smallest absolute Gasteiger partial charge is 0.184 e. The highest BCUT2D eigenvalue weighted by Gasteiger charge is 2.26. The Balaban J connectivity index is 2.53. The Morgan fingerprint density at radius 2 is 2.00 bits per heavy atom. The summed E-state index contributed by atoms with van der Waals surface area (Å²) in [6, 6.07) is 5.44. The van der Waals surface area contributed by atoms with Crippen LogP contribution in [0.1, 0.15) is 33.7 Å². The maximum Gasteiger partial charge on any atom is 0.184 e. The van der Waals surface area contributed by atoms with E-state index >= 15 is 0 Å². The summed E-state index contributed by atoms with van der Waals surface area (Å²) in [5.74, 6) is 0.641. The molecule has 0 aliphatic heterocycles. The van der Waals surface area contributed by atoms with Crippen molar-refractivity contribution < 1.29 is 0 Å². The summed E-state index contributed by atoms with van der Waals surface area (Å²) in [5.41, 5.74) is 7.40. The van der Waals surface area contributed by atoms with Gasteiger partial charge >= 0.3 is 0 Å². The summed E-state index contributed by atoms with van der Waals surface area (Å²) in [7, 11) is 0. The van der Waals surface area contributed by atoms with Gasteiger partial charge in [-0.3, -0.25) is 0 Å². The number of halogens is 1. The van der Waals surface area contributed by atoms with Crippen LogP contribution in [0.25, 0.3) is 11.4 Å². The van der Waals surface area contributed by atoms with Crippen LogP contribution in [-0.4, -0.2) is 20.2 Å². The number of anilines is 1. The second-order valence-corrected chi connectivity index (χ2v) is 6.16. The largest absolute Gasteiger partial charge is 0.398 e. The molecule has 1 heterocycles. The number of tetrazole rings is 1. The first-order valence-corrected chi connectivity index (χ1v) is 6.52. The molecule has 0 aliphatic rings. The van der Waals surface area contributed by atoms with Crippen molar-refractivity contribution in [1.82, 2.24) is 20.2 Å². The van der Waals surface area contributed by atoms with Gasteiger partial charge in [0.05, 0.1) is 6.04 Å². The standard InChI is InChI=1S/C13H18ClN5/c1-8(13(2,3)4)19-12(16-17-18-19)10-7-9(14)5-6-11(10)15/h5-8H,15H2,1-4H3. The third-order valence-electron chi connectivity index (χ3n) is 3.37. The van der Waals surface area contributed by atoms with Crippen LogP contribution in [0.15, 0.2) is 18.2 Å². The first kappa shape index (κ1) is 13.8. The Hall–Kier alpha value is -1.62. The minimum Gasteiger partial charge on any atom is -0.398 e. The van der Waals surface area contributed by atoms with Gasteiger partial charge in [-0.2, -0.15) is 0 Å². The van der Waals surface area contributed by atoms with Crippen molar-refractivity contribution >= 4 is 17.3 Å². The van der Waals surface area contributed by atoms with E-state index in [1.165, 1.54) is 0 Å². The average molecular weight is 280 g/mol. The molecule has 0 fully saturated rings. The number of hydrogen-bond donors (Lipinski definition) is 1. The van der Waals surface area contributed by atoms with Crippen LogP contribution < -0.4 is 5.73 Å². The van der Waals surface area contributed by atoms with Gasteiger partial charge in [0.15, 0.2) is 5.82 Å². The molecule has 0 aliphatic carbocycles. The normalized spacial score (nSPS) is 13.5. The lowest BCUT2D eigenvalue weighted by Crippen LogP contribution is -2.23. The van der Waals surface area contributed by atoms with Crippen LogP contribution >= 0.6 is 11.6 Å². The summed E-state index contributed by atoms with van der Waals surface area (Å²) in [5, 5.41) is 12.6. The summed E-state index contributed by atoms with van der Waals surface area (Å²) in [6.45, 7) is 8.51. The highest BCUT2D eigenvalue weighted by Crippen LogP contribution is 2.34. The Labute approximate surface area is 117 Å². The molecule has 19 heavy (non-hydrogen) atoms. The molecule has 0 amide bonds. The lowest BCUT2D eigenvalue weighted by molar-refractivity contribution is 0.243. The minimum atomic E-state index is 0.0392. The monoisotopic (exact) mass is 279 g/mol. The van der Waals surface area contributed by atoms with Gasteiger partial charge in [0.25, 0.3) is 0 Å². The van der Waals surface area contributed by atoms with Crippen molar-refractivity contribution in [3.8, 4) is 11.4 Å². The third-order valence-corrected chi connectivity index (χ3v) is 3.60. The summed E-state index contributed by atoms with van der Waals surface area (Å²) in [4.78, 5) is 0. The molecule has 1 aromatic heterocycles. The SMILES string of the molecule is CC(n1nnnc1-c1cc(Cl)ccc1N)C(C)(C)C. The van der Waals surface area contributed by atoms with E-state index in [0.29, 0.717) is 16.5 Å². The van der Waals surface area contributed by atoms with Crippen LogP contribution in [0.3, 0.4) is 0 Å². The molecule has 1 aromatic carbocycles. The van der Waals surface area contributed by atoms with E-state index in [9.17, 15) is 0 Å². The number of nitrogen functional groups attached to an aromatic ring is 1. The number of hydrogen-bond acceptors (Lipinski definition) is 4. The van der Waals surface area contributed by atoms with Crippen molar-refractivity contribution in [1.29, 1.82) is 0 Å². The minimum absolute atomic E-state index is 0.0392. The molecule has 0 bridgehead atoms. The Morgan fingerprint density at radius 1 is 1.32 bits per heavy atom. The van der Waals surface area contributed by atoms with E-state index in [1.807, 2.05) is 0 Å². The van der Waals surface area contributed by atoms with E-state index in [-0.39, 0.29) is 11.5 Å². The maximum absolute atomic E-state index is 6.02. The lowest BCUT2D eigenvalue weighted by atomic mass is 9.88. The quantitative estimate of drug-likeness (QED) is 0.857. The molecule has 0 radical (unpaired) electrons. The van der Waals surface area contributed by atoms with Gasteiger partial charge in [0.2, 0.25) is 0 Å². The molecule has 102 valence electrons. The Kier molecular flexibility index (Phi) is 3.49. The van der Waals surface area contributed by atoms with Crippen LogP contribution in [0, 0.1) is 5.41 Å². The fourth-order valence-corrected chi connectivity index (χ4v) is 1.89. The van der Waals surface area contributed by atoms with Gasteiger partial charge in [-0.15, -0.1) is 5.10 Å². The summed E-state index contributed by atoms with van der Waals surface area (Å²) < 4.78 is 1.79. The van der Waals surface area contributed by atoms with Gasteiger partial charge in [-0.05, 0) is 41.0 Å². The Morgan fingerprint density at radius 3 is 2.63 bits per heavy atom. The van der Waals surface area contributed by atoms with Gasteiger partial charge in [-0.25, -0.2) is 4.68 Å². The highest BCUT2D eigenvalue weighted by atomic mass is 35.5. The number of rotatable bonds is 2. The van der Waals surface area contributed by atoms with Crippen molar-refractivity contribution in [3.63, 3.8) is 0 Å². The zero-order valence-electron chi connectivity index (χ0n) is 11.6. The molecule has 2 aromatic rings. The van der Waals surface area contributed by atoms with E-state index in [4.69, 9.17) is 17.3 Å². The zero-order chi connectivity index (χ0) is 14.2. The average Bonchev–Trinajstić information content (AvgIpc) is 2.78. The predicted molar refractivity (Wildman–Crippen MR) is 76.8 cm³/mol. The molecule has 0 saturated heterocycles. The van der Waals surface area contributed by atoms with Crippen molar-refractivity contribution in [3.05, 3.63) is 23.2 Å². The van der Waals surface area contributed by atoms with E-state index in [0.717, 1.165) is 5.56 Å². The van der Waals surface area contributed by atoms with Crippen LogP contribution in [0.4, 0.5) is 5.69 Å². The molecule has 5 nitrogen and oxygen atoms in total. The predicted octanol–water partition coefficient (Wildman–Crippen LogP) is 3.18. The first-order valence-electron chi connectivity index (χ1n) is 6.14.